The number of carbonyl (C=O) groups is 1. The van der Waals surface area contributed by atoms with Gasteiger partial charge in [-0.2, -0.15) is 0 Å². The van der Waals surface area contributed by atoms with Gasteiger partial charge in [0.1, 0.15) is 0 Å². The van der Waals surface area contributed by atoms with E-state index in [0.717, 1.165) is 25.7 Å². The van der Waals surface area contributed by atoms with Crippen LogP contribution in [0.4, 0.5) is 4.79 Å². The first-order valence-electron chi connectivity index (χ1n) is 5.82. The van der Waals surface area contributed by atoms with E-state index in [-0.39, 0.29) is 12.7 Å². The summed E-state index contributed by atoms with van der Waals surface area (Å²) < 4.78 is 5.06. The van der Waals surface area contributed by atoms with Crippen LogP contribution < -0.4 is 0 Å². The Balaban J connectivity index is 2.01. The lowest BCUT2D eigenvalue weighted by Crippen LogP contribution is -2.47. The van der Waals surface area contributed by atoms with Crippen LogP contribution in [0.15, 0.2) is 0 Å². The van der Waals surface area contributed by atoms with Gasteiger partial charge in [-0.05, 0) is 38.5 Å². The summed E-state index contributed by atoms with van der Waals surface area (Å²) >= 11 is 0. The fraction of sp³-hybridized carbons (Fsp3) is 0.909. The molecular weight excluding hydrogens is 194 g/mol. The smallest absolute Gasteiger partial charge is 0.410 e. The van der Waals surface area contributed by atoms with Crippen molar-refractivity contribution in [2.45, 2.75) is 44.7 Å². The third kappa shape index (κ3) is 1.95. The predicted octanol–water partition coefficient (Wildman–Crippen LogP) is 1.38. The van der Waals surface area contributed by atoms with Crippen LogP contribution in [-0.4, -0.2) is 41.4 Å². The summed E-state index contributed by atoms with van der Waals surface area (Å²) in [5.41, 5.74) is 0. The molecule has 1 amide bonds. The minimum Gasteiger partial charge on any atom is -0.450 e. The normalized spacial score (nSPS) is 34.3. The molecule has 4 nitrogen and oxygen atoms in total. The van der Waals surface area contributed by atoms with Crippen LogP contribution in [0.25, 0.3) is 0 Å². The van der Waals surface area contributed by atoms with Crippen molar-refractivity contribution in [3.8, 4) is 0 Å². The van der Waals surface area contributed by atoms with E-state index in [9.17, 15) is 4.79 Å². The highest BCUT2D eigenvalue weighted by Crippen LogP contribution is 2.38. The standard InChI is InChI=1S/C11H19NO3/c1-2-15-11(14)12-9-3-4-10(12)6-8(5-9)7-13/h8-10,13H,2-7H2,1H3/t8?,9-,10+. The number of ether oxygens (including phenoxy) is 1. The van der Waals surface area contributed by atoms with Crippen molar-refractivity contribution in [3.63, 3.8) is 0 Å². The van der Waals surface area contributed by atoms with E-state index >= 15 is 0 Å². The molecular formula is C11H19NO3. The van der Waals surface area contributed by atoms with Gasteiger partial charge >= 0.3 is 6.09 Å². The number of amides is 1. The molecule has 0 radical (unpaired) electrons. The molecule has 1 unspecified atom stereocenters. The first kappa shape index (κ1) is 10.7. The maximum absolute atomic E-state index is 11.7. The highest BCUT2D eigenvalue weighted by Gasteiger charge is 2.43. The quantitative estimate of drug-likeness (QED) is 0.754. The van der Waals surface area contributed by atoms with Crippen LogP contribution in [0.2, 0.25) is 0 Å². The van der Waals surface area contributed by atoms with Gasteiger partial charge in [0.15, 0.2) is 0 Å². The molecule has 0 aromatic heterocycles. The molecule has 86 valence electrons. The number of nitrogens with zero attached hydrogens (tertiary/aromatic N) is 1. The molecule has 2 saturated heterocycles. The minimum absolute atomic E-state index is 0.165. The fourth-order valence-corrected chi connectivity index (χ4v) is 2.93. The van der Waals surface area contributed by atoms with Gasteiger partial charge in [-0.25, -0.2) is 4.79 Å². The summed E-state index contributed by atoms with van der Waals surface area (Å²) in [6.45, 7) is 2.53. The maximum Gasteiger partial charge on any atom is 0.410 e. The topological polar surface area (TPSA) is 49.8 Å². The molecule has 2 aliphatic heterocycles. The average molecular weight is 213 g/mol. The molecule has 0 aromatic rings. The number of aliphatic hydroxyl groups is 1. The lowest BCUT2D eigenvalue weighted by molar-refractivity contribution is 0.0487. The Bertz CT molecular complexity index is 230. The summed E-state index contributed by atoms with van der Waals surface area (Å²) in [5, 5.41) is 9.15. The Morgan fingerprint density at radius 2 is 2.00 bits per heavy atom. The van der Waals surface area contributed by atoms with Crippen LogP contribution in [0.5, 0.6) is 0 Å². The summed E-state index contributed by atoms with van der Waals surface area (Å²) in [7, 11) is 0. The zero-order valence-corrected chi connectivity index (χ0v) is 9.19. The number of aliphatic hydroxyl groups excluding tert-OH is 1. The monoisotopic (exact) mass is 213 g/mol. The number of hydrogen-bond donors (Lipinski definition) is 1. The van der Waals surface area contributed by atoms with Gasteiger partial charge in [-0.3, -0.25) is 0 Å². The zero-order chi connectivity index (χ0) is 10.8. The number of fused-ring (bicyclic) bond motifs is 2. The molecule has 2 aliphatic rings. The lowest BCUT2D eigenvalue weighted by Gasteiger charge is -2.37. The van der Waals surface area contributed by atoms with E-state index in [1.807, 2.05) is 11.8 Å². The molecule has 0 aliphatic carbocycles. The van der Waals surface area contributed by atoms with E-state index in [2.05, 4.69) is 0 Å². The van der Waals surface area contributed by atoms with Crippen molar-refractivity contribution in [1.29, 1.82) is 0 Å². The Labute approximate surface area is 90.2 Å². The van der Waals surface area contributed by atoms with Gasteiger partial charge < -0.3 is 14.7 Å². The third-order valence-electron chi connectivity index (χ3n) is 3.57. The van der Waals surface area contributed by atoms with Crippen molar-refractivity contribution in [1.82, 2.24) is 4.90 Å². The van der Waals surface area contributed by atoms with Gasteiger partial charge in [0, 0.05) is 18.7 Å². The second-order valence-corrected chi connectivity index (χ2v) is 4.51. The molecule has 2 fully saturated rings. The second-order valence-electron chi connectivity index (χ2n) is 4.51. The maximum atomic E-state index is 11.7. The summed E-state index contributed by atoms with van der Waals surface area (Å²) in [5.74, 6) is 0.383. The highest BCUT2D eigenvalue weighted by atomic mass is 16.6. The molecule has 4 heteroatoms. The molecule has 1 N–H and O–H groups in total. The Hall–Kier alpha value is -0.770. The third-order valence-corrected chi connectivity index (χ3v) is 3.57. The molecule has 0 aromatic carbocycles. The van der Waals surface area contributed by atoms with Gasteiger partial charge in [0.05, 0.1) is 6.61 Å². The summed E-state index contributed by atoms with van der Waals surface area (Å²) in [6, 6.07) is 0.611. The second kappa shape index (κ2) is 4.39. The minimum atomic E-state index is -0.165. The van der Waals surface area contributed by atoms with Crippen molar-refractivity contribution >= 4 is 6.09 Å². The van der Waals surface area contributed by atoms with E-state index in [0.29, 0.717) is 24.6 Å². The zero-order valence-electron chi connectivity index (χ0n) is 9.19. The summed E-state index contributed by atoms with van der Waals surface area (Å²) in [6.07, 6.45) is 3.85. The number of piperidine rings is 1. The number of carbonyl (C=O) groups excluding carboxylic acids is 1. The Morgan fingerprint density at radius 1 is 1.40 bits per heavy atom. The number of rotatable bonds is 2. The van der Waals surface area contributed by atoms with E-state index < -0.39 is 0 Å². The molecule has 0 spiro atoms. The van der Waals surface area contributed by atoms with Gasteiger partial charge in [-0.1, -0.05) is 0 Å². The van der Waals surface area contributed by atoms with Crippen LogP contribution in [0.3, 0.4) is 0 Å². The number of hydrogen-bond acceptors (Lipinski definition) is 3. The van der Waals surface area contributed by atoms with E-state index in [1.165, 1.54) is 0 Å². The van der Waals surface area contributed by atoms with Crippen LogP contribution in [0, 0.1) is 5.92 Å². The highest BCUT2D eigenvalue weighted by molar-refractivity contribution is 5.69. The Morgan fingerprint density at radius 3 is 2.47 bits per heavy atom. The van der Waals surface area contributed by atoms with Crippen molar-refractivity contribution in [2.75, 3.05) is 13.2 Å². The van der Waals surface area contributed by atoms with Crippen molar-refractivity contribution in [2.24, 2.45) is 5.92 Å². The SMILES string of the molecule is CCOC(=O)N1[C@@H]2CC[C@H]1CC(CO)C2. The van der Waals surface area contributed by atoms with Crippen LogP contribution in [0.1, 0.15) is 32.6 Å². The van der Waals surface area contributed by atoms with Gasteiger partial charge in [-0.15, -0.1) is 0 Å². The average Bonchev–Trinajstić information content (AvgIpc) is 2.50. The predicted molar refractivity (Wildman–Crippen MR) is 55.5 cm³/mol. The molecule has 2 rings (SSSR count). The van der Waals surface area contributed by atoms with E-state index in [4.69, 9.17) is 9.84 Å². The summed E-state index contributed by atoms with van der Waals surface area (Å²) in [4.78, 5) is 13.6. The van der Waals surface area contributed by atoms with E-state index in [1.54, 1.807) is 0 Å². The Kier molecular flexibility index (Phi) is 3.14. The van der Waals surface area contributed by atoms with Crippen molar-refractivity contribution in [3.05, 3.63) is 0 Å². The molecule has 15 heavy (non-hydrogen) atoms. The first-order chi connectivity index (χ1) is 7.26. The molecule has 0 saturated carbocycles. The van der Waals surface area contributed by atoms with Crippen molar-refractivity contribution < 1.29 is 14.6 Å². The van der Waals surface area contributed by atoms with Gasteiger partial charge in [0.2, 0.25) is 0 Å². The van der Waals surface area contributed by atoms with Crippen LogP contribution >= 0.6 is 0 Å². The molecule has 3 atom stereocenters. The molecule has 2 heterocycles. The largest absolute Gasteiger partial charge is 0.450 e. The van der Waals surface area contributed by atoms with Gasteiger partial charge in [0.25, 0.3) is 0 Å². The fourth-order valence-electron chi connectivity index (χ4n) is 2.93. The lowest BCUT2D eigenvalue weighted by atomic mass is 9.92. The molecule has 2 bridgehead atoms. The van der Waals surface area contributed by atoms with Crippen LogP contribution in [-0.2, 0) is 4.74 Å². The first-order valence-corrected chi connectivity index (χ1v) is 5.82.